The van der Waals surface area contributed by atoms with E-state index in [1.165, 1.54) is 0 Å². The van der Waals surface area contributed by atoms with Crippen molar-refractivity contribution in [3.05, 3.63) is 24.2 Å². The van der Waals surface area contributed by atoms with Gasteiger partial charge in [-0.2, -0.15) is 5.10 Å². The number of guanidine groups is 1. The van der Waals surface area contributed by atoms with E-state index >= 15 is 0 Å². The van der Waals surface area contributed by atoms with Crippen LogP contribution in [-0.2, 0) is 11.2 Å². The fourth-order valence-electron chi connectivity index (χ4n) is 3.85. The number of furan rings is 1. The van der Waals surface area contributed by atoms with Gasteiger partial charge < -0.3 is 20.0 Å². The molecule has 0 radical (unpaired) electrons. The van der Waals surface area contributed by atoms with Crippen molar-refractivity contribution in [3.63, 3.8) is 0 Å². The number of halogens is 1. The number of carbonyl (C=O) groups is 1. The van der Waals surface area contributed by atoms with Crippen molar-refractivity contribution in [3.8, 4) is 11.6 Å². The number of nitrogens with zero attached hydrogens (tertiary/aromatic N) is 4. The monoisotopic (exact) mass is 557 g/mol. The summed E-state index contributed by atoms with van der Waals surface area (Å²) in [5.41, 5.74) is 0. The number of rotatable bonds is 9. The number of piperidine rings is 1. The van der Waals surface area contributed by atoms with E-state index < -0.39 is 0 Å². The molecule has 1 aliphatic rings. The zero-order valence-corrected chi connectivity index (χ0v) is 21.6. The van der Waals surface area contributed by atoms with Gasteiger partial charge in [-0.3, -0.25) is 14.9 Å². The smallest absolute Gasteiger partial charge is 0.225 e. The van der Waals surface area contributed by atoms with Crippen LogP contribution < -0.4 is 10.6 Å². The molecular weight excluding hydrogens is 521 g/mol. The molecule has 9 nitrogen and oxygen atoms in total. The van der Waals surface area contributed by atoms with E-state index in [9.17, 15) is 4.79 Å². The van der Waals surface area contributed by atoms with Crippen molar-refractivity contribution in [1.29, 1.82) is 0 Å². The number of H-pyrrole nitrogens is 1. The Hall–Kier alpha value is -2.11. The molecule has 178 valence electrons. The fraction of sp³-hybridized carbons (Fsp3) is 0.636. The highest BCUT2D eigenvalue weighted by Crippen LogP contribution is 2.17. The molecule has 0 aliphatic carbocycles. The van der Waals surface area contributed by atoms with Gasteiger partial charge in [0.1, 0.15) is 5.82 Å². The van der Waals surface area contributed by atoms with Crippen molar-refractivity contribution >= 4 is 35.8 Å². The molecule has 1 aliphatic heterocycles. The molecule has 0 bridgehead atoms. The Morgan fingerprint density at radius 1 is 1.31 bits per heavy atom. The zero-order valence-electron chi connectivity index (χ0n) is 19.3. The minimum absolute atomic E-state index is 0. The summed E-state index contributed by atoms with van der Waals surface area (Å²) in [6.07, 6.45) is 5.97. The molecule has 10 heteroatoms. The molecule has 1 amide bonds. The number of amides is 1. The second kappa shape index (κ2) is 13.4. The van der Waals surface area contributed by atoms with Crippen molar-refractivity contribution in [2.75, 3.05) is 26.2 Å². The fourth-order valence-corrected chi connectivity index (χ4v) is 3.85. The van der Waals surface area contributed by atoms with E-state index in [1.807, 2.05) is 17.0 Å². The van der Waals surface area contributed by atoms with Gasteiger partial charge in [-0.25, -0.2) is 4.98 Å². The average Bonchev–Trinajstić information content (AvgIpc) is 3.47. The van der Waals surface area contributed by atoms with E-state index in [-0.39, 0.29) is 29.9 Å². The second-order valence-electron chi connectivity index (χ2n) is 7.85. The summed E-state index contributed by atoms with van der Waals surface area (Å²) in [7, 11) is 0. The zero-order chi connectivity index (χ0) is 22.1. The molecule has 0 saturated carbocycles. The first-order valence-electron chi connectivity index (χ1n) is 11.4. The summed E-state index contributed by atoms with van der Waals surface area (Å²) >= 11 is 0. The molecule has 2 aromatic heterocycles. The van der Waals surface area contributed by atoms with Gasteiger partial charge in [0.25, 0.3) is 0 Å². The Bertz CT molecular complexity index is 825. The lowest BCUT2D eigenvalue weighted by atomic mass is 9.98. The van der Waals surface area contributed by atoms with Crippen LogP contribution in [0.3, 0.4) is 0 Å². The SMILES string of the molecule is CCNC(=NCCc1nc(-c2ccco2)n[nH]1)NC1CCN(C(=O)C(CC)CC)CC1.I. The van der Waals surface area contributed by atoms with Gasteiger partial charge in [0.2, 0.25) is 11.7 Å². The Balaban J connectivity index is 0.00000363. The predicted molar refractivity (Wildman–Crippen MR) is 136 cm³/mol. The van der Waals surface area contributed by atoms with E-state index in [0.29, 0.717) is 36.5 Å². The van der Waals surface area contributed by atoms with Crippen LogP contribution in [0.2, 0.25) is 0 Å². The normalized spacial score (nSPS) is 15.0. The van der Waals surface area contributed by atoms with Crippen molar-refractivity contribution in [1.82, 2.24) is 30.7 Å². The average molecular weight is 557 g/mol. The third-order valence-corrected chi connectivity index (χ3v) is 5.72. The van der Waals surface area contributed by atoms with Crippen LogP contribution in [0.4, 0.5) is 0 Å². The van der Waals surface area contributed by atoms with E-state index in [2.05, 4.69) is 51.6 Å². The lowest BCUT2D eigenvalue weighted by Crippen LogP contribution is -2.50. The third-order valence-electron chi connectivity index (χ3n) is 5.72. The molecule has 2 aromatic rings. The summed E-state index contributed by atoms with van der Waals surface area (Å²) in [6.45, 7) is 9.24. The standard InChI is InChI=1S/C22H35N7O2.HI/c1-4-16(5-2)21(30)29-13-10-17(11-14-29)25-22(23-6-3)24-12-9-19-26-20(28-27-19)18-8-7-15-31-18;/h7-8,15-17H,4-6,9-14H2,1-3H3,(H2,23,24,25)(H,26,27,28);1H. The van der Waals surface area contributed by atoms with Crippen LogP contribution in [-0.4, -0.2) is 64.2 Å². The number of likely N-dealkylation sites (tertiary alicyclic amines) is 1. The van der Waals surface area contributed by atoms with Gasteiger partial charge in [-0.1, -0.05) is 13.8 Å². The minimum atomic E-state index is 0. The first kappa shape index (κ1) is 26.1. The van der Waals surface area contributed by atoms with Crippen LogP contribution in [0.1, 0.15) is 52.3 Å². The number of hydrogen-bond acceptors (Lipinski definition) is 5. The number of carbonyl (C=O) groups excluding carboxylic acids is 1. The maximum Gasteiger partial charge on any atom is 0.225 e. The molecule has 1 saturated heterocycles. The second-order valence-corrected chi connectivity index (χ2v) is 7.85. The topological polar surface area (TPSA) is 111 Å². The highest BCUT2D eigenvalue weighted by molar-refractivity contribution is 14.0. The Labute approximate surface area is 207 Å². The van der Waals surface area contributed by atoms with Crippen LogP contribution in [0.25, 0.3) is 11.6 Å². The Kier molecular flexibility index (Phi) is 11.0. The molecule has 0 atom stereocenters. The van der Waals surface area contributed by atoms with Gasteiger partial charge in [0.15, 0.2) is 11.7 Å². The molecule has 1 fully saturated rings. The van der Waals surface area contributed by atoms with Crippen LogP contribution in [0.5, 0.6) is 0 Å². The summed E-state index contributed by atoms with van der Waals surface area (Å²) in [6, 6.07) is 3.97. The minimum Gasteiger partial charge on any atom is -0.461 e. The first-order valence-corrected chi connectivity index (χ1v) is 11.4. The summed E-state index contributed by atoms with van der Waals surface area (Å²) in [5.74, 6) is 3.26. The van der Waals surface area contributed by atoms with Crippen LogP contribution >= 0.6 is 24.0 Å². The predicted octanol–water partition coefficient (Wildman–Crippen LogP) is 3.21. The van der Waals surface area contributed by atoms with Crippen molar-refractivity contribution in [2.24, 2.45) is 10.9 Å². The maximum atomic E-state index is 12.6. The number of aliphatic imine (C=N–C) groups is 1. The van der Waals surface area contributed by atoms with Crippen LogP contribution in [0.15, 0.2) is 27.8 Å². The van der Waals surface area contributed by atoms with E-state index in [0.717, 1.165) is 57.1 Å². The summed E-state index contributed by atoms with van der Waals surface area (Å²) < 4.78 is 5.32. The molecule has 3 heterocycles. The summed E-state index contributed by atoms with van der Waals surface area (Å²) in [5, 5.41) is 14.0. The lowest BCUT2D eigenvalue weighted by Gasteiger charge is -2.34. The van der Waals surface area contributed by atoms with Gasteiger partial charge in [0, 0.05) is 44.6 Å². The molecule has 3 N–H and O–H groups in total. The largest absolute Gasteiger partial charge is 0.461 e. The first-order chi connectivity index (χ1) is 15.1. The lowest BCUT2D eigenvalue weighted by molar-refractivity contribution is -0.136. The molecule has 0 spiro atoms. The number of aromatic nitrogens is 3. The van der Waals surface area contributed by atoms with Gasteiger partial charge in [-0.05, 0) is 44.7 Å². The Morgan fingerprint density at radius 2 is 2.06 bits per heavy atom. The Morgan fingerprint density at radius 3 is 2.69 bits per heavy atom. The molecule has 3 rings (SSSR count). The highest BCUT2D eigenvalue weighted by Gasteiger charge is 2.26. The third kappa shape index (κ3) is 7.21. The van der Waals surface area contributed by atoms with Gasteiger partial charge in [-0.15, -0.1) is 24.0 Å². The van der Waals surface area contributed by atoms with E-state index in [4.69, 9.17) is 4.42 Å². The quantitative estimate of drug-likeness (QED) is 0.248. The van der Waals surface area contributed by atoms with Gasteiger partial charge in [0.05, 0.1) is 6.26 Å². The maximum absolute atomic E-state index is 12.6. The van der Waals surface area contributed by atoms with Crippen LogP contribution in [0, 0.1) is 5.92 Å². The molecular formula is C22H36IN7O2. The number of aromatic amines is 1. The summed E-state index contributed by atoms with van der Waals surface area (Å²) in [4.78, 5) is 23.8. The highest BCUT2D eigenvalue weighted by atomic mass is 127. The number of hydrogen-bond donors (Lipinski definition) is 3. The molecule has 0 aromatic carbocycles. The molecule has 32 heavy (non-hydrogen) atoms. The van der Waals surface area contributed by atoms with Crippen molar-refractivity contribution in [2.45, 2.75) is 58.9 Å². The molecule has 0 unspecified atom stereocenters. The van der Waals surface area contributed by atoms with Crippen molar-refractivity contribution < 1.29 is 9.21 Å². The number of nitrogens with one attached hydrogen (secondary N) is 3. The van der Waals surface area contributed by atoms with E-state index in [1.54, 1.807) is 6.26 Å². The van der Waals surface area contributed by atoms with Gasteiger partial charge >= 0.3 is 0 Å².